The van der Waals surface area contributed by atoms with Gasteiger partial charge in [-0.2, -0.15) is 0 Å². The molecule has 21 heavy (non-hydrogen) atoms. The summed E-state index contributed by atoms with van der Waals surface area (Å²) in [6, 6.07) is 8.95. The fourth-order valence-corrected chi connectivity index (χ4v) is 3.27. The summed E-state index contributed by atoms with van der Waals surface area (Å²) in [5, 5.41) is 21.8. The second kappa shape index (κ2) is 5.66. The molecule has 0 aliphatic carbocycles. The lowest BCUT2D eigenvalue weighted by Crippen LogP contribution is -2.71. The number of rotatable bonds is 3. The highest BCUT2D eigenvalue weighted by molar-refractivity contribution is 5.55. The van der Waals surface area contributed by atoms with Gasteiger partial charge < -0.3 is 19.7 Å². The second-order valence-electron chi connectivity index (χ2n) is 6.66. The zero-order valence-corrected chi connectivity index (χ0v) is 12.8. The minimum atomic E-state index is -1.15. The standard InChI is InChI=1S/C16H23NO4/c1-16(2,3)17(15(19)20)10-13(18)9-12(17)11-21-14-7-5-4-6-8-14/h4-8,12-13,18H,9-11H2,1-3H3/t12-,13+,17?/m1/s1. The van der Waals surface area contributed by atoms with Crippen molar-refractivity contribution in [1.82, 2.24) is 0 Å². The SMILES string of the molecule is CC(C)(C)[N+]1(C(=O)[O-])C[C@@H](O)C[C@@H]1COc1ccccc1. The van der Waals surface area contributed by atoms with Crippen LogP contribution in [-0.4, -0.2) is 46.5 Å². The fraction of sp³-hybridized carbons (Fsp3) is 0.562. The molecule has 1 heterocycles. The number of hydrogen-bond acceptors (Lipinski definition) is 4. The van der Waals surface area contributed by atoms with Gasteiger partial charge in [-0.15, -0.1) is 0 Å². The first-order valence-corrected chi connectivity index (χ1v) is 7.22. The number of aliphatic hydroxyl groups excluding tert-OH is 1. The number of ether oxygens (including phenoxy) is 1. The van der Waals surface area contributed by atoms with Crippen molar-refractivity contribution < 1.29 is 24.2 Å². The second-order valence-corrected chi connectivity index (χ2v) is 6.66. The van der Waals surface area contributed by atoms with Gasteiger partial charge in [-0.3, -0.25) is 4.48 Å². The van der Waals surface area contributed by atoms with E-state index in [1.165, 1.54) is 0 Å². The van der Waals surface area contributed by atoms with Gasteiger partial charge in [0.1, 0.15) is 31.0 Å². The van der Waals surface area contributed by atoms with Gasteiger partial charge in [-0.05, 0) is 32.9 Å². The average Bonchev–Trinajstić information content (AvgIpc) is 2.75. The van der Waals surface area contributed by atoms with Gasteiger partial charge in [-0.25, -0.2) is 0 Å². The van der Waals surface area contributed by atoms with E-state index in [0.717, 1.165) is 0 Å². The molecule has 1 amide bonds. The van der Waals surface area contributed by atoms with Crippen LogP contribution in [0.1, 0.15) is 27.2 Å². The molecule has 5 heteroatoms. The van der Waals surface area contributed by atoms with Crippen molar-refractivity contribution in [3.8, 4) is 5.75 Å². The Morgan fingerprint density at radius 2 is 2.00 bits per heavy atom. The van der Waals surface area contributed by atoms with E-state index in [0.29, 0.717) is 12.2 Å². The average molecular weight is 293 g/mol. The van der Waals surface area contributed by atoms with Crippen LogP contribution < -0.4 is 9.84 Å². The topological polar surface area (TPSA) is 69.6 Å². The molecular formula is C16H23NO4. The van der Waals surface area contributed by atoms with Crippen molar-refractivity contribution in [3.05, 3.63) is 30.3 Å². The number of benzene rings is 1. The van der Waals surface area contributed by atoms with E-state index in [4.69, 9.17) is 4.74 Å². The summed E-state index contributed by atoms with van der Waals surface area (Å²) < 4.78 is 5.44. The van der Waals surface area contributed by atoms with Gasteiger partial charge in [0, 0.05) is 6.42 Å². The van der Waals surface area contributed by atoms with E-state index in [1.807, 2.05) is 51.1 Å². The molecular weight excluding hydrogens is 270 g/mol. The normalized spacial score (nSPS) is 29.3. The molecule has 0 bridgehead atoms. The monoisotopic (exact) mass is 293 g/mol. The molecule has 5 nitrogen and oxygen atoms in total. The summed E-state index contributed by atoms with van der Waals surface area (Å²) in [6.07, 6.45) is -1.40. The van der Waals surface area contributed by atoms with Crippen molar-refractivity contribution in [2.75, 3.05) is 13.2 Å². The summed E-state index contributed by atoms with van der Waals surface area (Å²) in [6.45, 7) is 5.98. The van der Waals surface area contributed by atoms with E-state index in [9.17, 15) is 15.0 Å². The molecule has 1 fully saturated rings. The van der Waals surface area contributed by atoms with Crippen molar-refractivity contribution in [3.63, 3.8) is 0 Å². The molecule has 0 saturated carbocycles. The number of para-hydroxylation sites is 1. The summed E-state index contributed by atoms with van der Waals surface area (Å²) in [5.41, 5.74) is -0.568. The highest BCUT2D eigenvalue weighted by Crippen LogP contribution is 2.36. The van der Waals surface area contributed by atoms with Gasteiger partial charge in [0.05, 0.1) is 5.54 Å². The molecule has 0 aromatic heterocycles. The Hall–Kier alpha value is -1.59. The molecule has 1 unspecified atom stereocenters. The van der Waals surface area contributed by atoms with Crippen LogP contribution in [0.4, 0.5) is 4.79 Å². The first kappa shape index (κ1) is 15.8. The third-order valence-corrected chi connectivity index (χ3v) is 4.37. The van der Waals surface area contributed by atoms with Crippen LogP contribution >= 0.6 is 0 Å². The predicted octanol–water partition coefficient (Wildman–Crippen LogP) is 1.16. The molecule has 0 radical (unpaired) electrons. The maximum absolute atomic E-state index is 11.8. The zero-order chi connectivity index (χ0) is 15.7. The minimum Gasteiger partial charge on any atom is -0.498 e. The van der Waals surface area contributed by atoms with Gasteiger partial charge in [0.25, 0.3) is 6.09 Å². The molecule has 1 aliphatic rings. The van der Waals surface area contributed by atoms with E-state index in [-0.39, 0.29) is 23.7 Å². The number of hydrogen-bond donors (Lipinski definition) is 1. The molecule has 1 saturated heterocycles. The maximum atomic E-state index is 11.8. The zero-order valence-electron chi connectivity index (χ0n) is 12.8. The van der Waals surface area contributed by atoms with Crippen LogP contribution in [-0.2, 0) is 0 Å². The van der Waals surface area contributed by atoms with E-state index < -0.39 is 17.7 Å². The Labute approximate surface area is 125 Å². The third-order valence-electron chi connectivity index (χ3n) is 4.37. The number of aliphatic hydroxyl groups is 1. The first-order chi connectivity index (χ1) is 9.77. The number of nitrogens with zero attached hydrogens (tertiary/aromatic N) is 1. The molecule has 1 aromatic rings. The maximum Gasteiger partial charge on any atom is 0.258 e. The lowest BCUT2D eigenvalue weighted by atomic mass is 10.00. The van der Waals surface area contributed by atoms with Crippen molar-refractivity contribution >= 4 is 6.09 Å². The number of carboxylic acid groups (broad SMARTS) is 1. The Morgan fingerprint density at radius 1 is 1.38 bits per heavy atom. The molecule has 1 N–H and O–H groups in total. The molecule has 2 rings (SSSR count). The fourth-order valence-electron chi connectivity index (χ4n) is 3.27. The highest BCUT2D eigenvalue weighted by Gasteiger charge is 2.55. The van der Waals surface area contributed by atoms with Gasteiger partial charge in [0.15, 0.2) is 0 Å². The summed E-state index contributed by atoms with van der Waals surface area (Å²) in [7, 11) is 0. The van der Waals surface area contributed by atoms with Crippen LogP contribution in [0.2, 0.25) is 0 Å². The first-order valence-electron chi connectivity index (χ1n) is 7.22. The smallest absolute Gasteiger partial charge is 0.258 e. The van der Waals surface area contributed by atoms with E-state index in [1.54, 1.807) is 0 Å². The van der Waals surface area contributed by atoms with Crippen LogP contribution in [0.15, 0.2) is 30.3 Å². The largest absolute Gasteiger partial charge is 0.498 e. The quantitative estimate of drug-likeness (QED) is 0.849. The predicted molar refractivity (Wildman–Crippen MR) is 76.6 cm³/mol. The molecule has 116 valence electrons. The molecule has 1 aliphatic heterocycles. The third kappa shape index (κ3) is 2.89. The van der Waals surface area contributed by atoms with Crippen molar-refractivity contribution in [2.45, 2.75) is 44.9 Å². The van der Waals surface area contributed by atoms with Crippen LogP contribution in [0.5, 0.6) is 5.75 Å². The number of amides is 1. The van der Waals surface area contributed by atoms with E-state index in [2.05, 4.69) is 0 Å². The van der Waals surface area contributed by atoms with Gasteiger partial charge in [0.2, 0.25) is 0 Å². The van der Waals surface area contributed by atoms with Crippen LogP contribution in [0.25, 0.3) is 0 Å². The Balaban J connectivity index is 2.21. The summed E-state index contributed by atoms with van der Waals surface area (Å²) in [4.78, 5) is 11.8. The number of quaternary nitrogens is 1. The molecule has 3 atom stereocenters. The van der Waals surface area contributed by atoms with Gasteiger partial charge >= 0.3 is 0 Å². The van der Waals surface area contributed by atoms with Crippen molar-refractivity contribution in [2.24, 2.45) is 0 Å². The summed E-state index contributed by atoms with van der Waals surface area (Å²) >= 11 is 0. The minimum absolute atomic E-state index is 0.161. The number of likely N-dealkylation sites (tertiary alicyclic amines) is 1. The van der Waals surface area contributed by atoms with Crippen molar-refractivity contribution in [1.29, 1.82) is 0 Å². The van der Waals surface area contributed by atoms with Gasteiger partial charge in [-0.1, -0.05) is 18.2 Å². The molecule has 1 aromatic carbocycles. The number of carbonyl (C=O) groups excluding carboxylic acids is 1. The molecule has 0 spiro atoms. The Morgan fingerprint density at radius 3 is 2.52 bits per heavy atom. The summed E-state index contributed by atoms with van der Waals surface area (Å²) in [5.74, 6) is 0.698. The number of carbonyl (C=O) groups is 1. The van der Waals surface area contributed by atoms with E-state index >= 15 is 0 Å². The lowest BCUT2D eigenvalue weighted by Gasteiger charge is -2.48. The highest BCUT2D eigenvalue weighted by atomic mass is 16.5. The lowest BCUT2D eigenvalue weighted by molar-refractivity contribution is -0.931. The Kier molecular flexibility index (Phi) is 4.25. The van der Waals surface area contributed by atoms with Crippen LogP contribution in [0.3, 0.4) is 0 Å². The van der Waals surface area contributed by atoms with Crippen LogP contribution in [0, 0.1) is 0 Å². The Bertz CT molecular complexity index is 497.